The second-order valence-corrected chi connectivity index (χ2v) is 4.78. The molecule has 0 unspecified atom stereocenters. The Labute approximate surface area is 107 Å². The number of rotatable bonds is 5. The second kappa shape index (κ2) is 6.50. The van der Waals surface area contributed by atoms with Gasteiger partial charge in [-0.3, -0.25) is 4.79 Å². The first-order valence-electron chi connectivity index (χ1n) is 6.48. The van der Waals surface area contributed by atoms with E-state index in [-0.39, 0.29) is 18.3 Å². The Morgan fingerprint density at radius 1 is 1.33 bits per heavy atom. The van der Waals surface area contributed by atoms with Crippen molar-refractivity contribution in [1.82, 2.24) is 10.6 Å². The standard InChI is InChI=1S/C14H19FN2O/c15-12-5-3-4-11(8-12)9-16-10-14(18)17-13-6-1-2-7-13/h3-5,8,13,16H,1-2,6-7,9-10H2,(H,17,18). The summed E-state index contributed by atoms with van der Waals surface area (Å²) in [5, 5.41) is 6.02. The van der Waals surface area contributed by atoms with Crippen molar-refractivity contribution in [3.63, 3.8) is 0 Å². The number of nitrogens with one attached hydrogen (secondary N) is 2. The quantitative estimate of drug-likeness (QED) is 0.839. The molecule has 0 spiro atoms. The van der Waals surface area contributed by atoms with Crippen LogP contribution in [0.2, 0.25) is 0 Å². The molecule has 0 bridgehead atoms. The van der Waals surface area contributed by atoms with Gasteiger partial charge < -0.3 is 10.6 Å². The van der Waals surface area contributed by atoms with Crippen molar-refractivity contribution in [3.05, 3.63) is 35.6 Å². The van der Waals surface area contributed by atoms with Crippen molar-refractivity contribution in [3.8, 4) is 0 Å². The van der Waals surface area contributed by atoms with Crippen molar-refractivity contribution in [2.24, 2.45) is 0 Å². The summed E-state index contributed by atoms with van der Waals surface area (Å²) in [5.41, 5.74) is 0.851. The van der Waals surface area contributed by atoms with Crippen molar-refractivity contribution in [2.75, 3.05) is 6.54 Å². The monoisotopic (exact) mass is 250 g/mol. The molecule has 1 amide bonds. The van der Waals surface area contributed by atoms with Gasteiger partial charge in [0.1, 0.15) is 5.82 Å². The summed E-state index contributed by atoms with van der Waals surface area (Å²) in [6.07, 6.45) is 4.61. The van der Waals surface area contributed by atoms with Crippen molar-refractivity contribution in [1.29, 1.82) is 0 Å². The SMILES string of the molecule is O=C(CNCc1cccc(F)c1)NC1CCCC1. The first-order valence-corrected chi connectivity index (χ1v) is 6.48. The van der Waals surface area contributed by atoms with Gasteiger partial charge in [-0.2, -0.15) is 0 Å². The lowest BCUT2D eigenvalue weighted by atomic mass is 10.2. The first-order chi connectivity index (χ1) is 8.74. The normalized spacial score (nSPS) is 15.8. The molecule has 1 aromatic carbocycles. The molecule has 1 fully saturated rings. The van der Waals surface area contributed by atoms with Crippen LogP contribution < -0.4 is 10.6 Å². The van der Waals surface area contributed by atoms with Crippen LogP contribution in [-0.2, 0) is 11.3 Å². The molecule has 18 heavy (non-hydrogen) atoms. The van der Waals surface area contributed by atoms with Crippen LogP contribution in [0, 0.1) is 5.82 Å². The Hall–Kier alpha value is -1.42. The van der Waals surface area contributed by atoms with E-state index in [2.05, 4.69) is 10.6 Å². The predicted octanol–water partition coefficient (Wildman–Crippen LogP) is 1.97. The van der Waals surface area contributed by atoms with E-state index in [0.29, 0.717) is 12.6 Å². The predicted molar refractivity (Wildman–Crippen MR) is 68.5 cm³/mol. The Balaban J connectivity index is 1.66. The number of hydrogen-bond donors (Lipinski definition) is 2. The van der Waals surface area contributed by atoms with E-state index in [1.165, 1.54) is 25.0 Å². The zero-order chi connectivity index (χ0) is 12.8. The molecule has 0 aliphatic heterocycles. The van der Waals surface area contributed by atoms with Crippen LogP contribution >= 0.6 is 0 Å². The lowest BCUT2D eigenvalue weighted by Crippen LogP contribution is -2.38. The van der Waals surface area contributed by atoms with Crippen LogP contribution in [0.25, 0.3) is 0 Å². The third kappa shape index (κ3) is 4.11. The van der Waals surface area contributed by atoms with Crippen LogP contribution in [0.15, 0.2) is 24.3 Å². The number of halogens is 1. The highest BCUT2D eigenvalue weighted by Gasteiger charge is 2.16. The molecule has 2 rings (SSSR count). The molecule has 1 aliphatic carbocycles. The molecule has 0 heterocycles. The highest BCUT2D eigenvalue weighted by Crippen LogP contribution is 2.17. The average Bonchev–Trinajstić information content (AvgIpc) is 2.82. The van der Waals surface area contributed by atoms with E-state index in [1.807, 2.05) is 6.07 Å². The maximum atomic E-state index is 12.9. The summed E-state index contributed by atoms with van der Waals surface area (Å²) >= 11 is 0. The van der Waals surface area contributed by atoms with E-state index >= 15 is 0 Å². The molecular formula is C14H19FN2O. The summed E-state index contributed by atoms with van der Waals surface area (Å²) in [5.74, 6) is -0.219. The van der Waals surface area contributed by atoms with Crippen LogP contribution in [0.5, 0.6) is 0 Å². The summed E-state index contributed by atoms with van der Waals surface area (Å²) in [7, 11) is 0. The minimum atomic E-state index is -0.246. The second-order valence-electron chi connectivity index (χ2n) is 4.78. The van der Waals surface area contributed by atoms with Gasteiger partial charge >= 0.3 is 0 Å². The molecule has 1 saturated carbocycles. The van der Waals surface area contributed by atoms with Gasteiger partial charge in [0.25, 0.3) is 0 Å². The van der Waals surface area contributed by atoms with Gasteiger partial charge in [-0.1, -0.05) is 25.0 Å². The topological polar surface area (TPSA) is 41.1 Å². The summed E-state index contributed by atoms with van der Waals surface area (Å²) < 4.78 is 12.9. The lowest BCUT2D eigenvalue weighted by Gasteiger charge is -2.12. The number of amides is 1. The molecule has 0 atom stereocenters. The molecule has 0 saturated heterocycles. The minimum absolute atomic E-state index is 0.0262. The highest BCUT2D eigenvalue weighted by molar-refractivity contribution is 5.78. The minimum Gasteiger partial charge on any atom is -0.352 e. The molecular weight excluding hydrogens is 231 g/mol. The fourth-order valence-corrected chi connectivity index (χ4v) is 2.32. The fraction of sp³-hybridized carbons (Fsp3) is 0.500. The summed E-state index contributed by atoms with van der Waals surface area (Å²) in [6, 6.07) is 6.75. The first kappa shape index (κ1) is 13.0. The zero-order valence-corrected chi connectivity index (χ0v) is 10.4. The van der Waals surface area contributed by atoms with E-state index in [1.54, 1.807) is 6.07 Å². The van der Waals surface area contributed by atoms with E-state index in [4.69, 9.17) is 0 Å². The van der Waals surface area contributed by atoms with Crippen LogP contribution in [0.4, 0.5) is 4.39 Å². The van der Waals surface area contributed by atoms with Gasteiger partial charge in [-0.15, -0.1) is 0 Å². The number of hydrogen-bond acceptors (Lipinski definition) is 2. The van der Waals surface area contributed by atoms with Gasteiger partial charge in [0, 0.05) is 12.6 Å². The van der Waals surface area contributed by atoms with E-state index < -0.39 is 0 Å². The van der Waals surface area contributed by atoms with Crippen molar-refractivity contribution in [2.45, 2.75) is 38.3 Å². The van der Waals surface area contributed by atoms with Crippen molar-refractivity contribution < 1.29 is 9.18 Å². The summed E-state index contributed by atoms with van der Waals surface area (Å²) in [6.45, 7) is 0.795. The Morgan fingerprint density at radius 2 is 2.11 bits per heavy atom. The van der Waals surface area contributed by atoms with Crippen LogP contribution in [-0.4, -0.2) is 18.5 Å². The third-order valence-corrected chi connectivity index (χ3v) is 3.22. The molecule has 98 valence electrons. The average molecular weight is 250 g/mol. The van der Waals surface area contributed by atoms with Gasteiger partial charge in [0.15, 0.2) is 0 Å². The largest absolute Gasteiger partial charge is 0.352 e. The van der Waals surface area contributed by atoms with Gasteiger partial charge in [-0.25, -0.2) is 4.39 Å². The number of carbonyl (C=O) groups is 1. The Kier molecular flexibility index (Phi) is 4.70. The van der Waals surface area contributed by atoms with Crippen molar-refractivity contribution >= 4 is 5.91 Å². The molecule has 2 N–H and O–H groups in total. The van der Waals surface area contributed by atoms with Crippen LogP contribution in [0.1, 0.15) is 31.2 Å². The molecule has 0 radical (unpaired) electrons. The highest BCUT2D eigenvalue weighted by atomic mass is 19.1. The third-order valence-electron chi connectivity index (χ3n) is 3.22. The summed E-state index contributed by atoms with van der Waals surface area (Å²) in [4.78, 5) is 11.6. The molecule has 1 aliphatic rings. The zero-order valence-electron chi connectivity index (χ0n) is 10.4. The van der Waals surface area contributed by atoms with Gasteiger partial charge in [0.2, 0.25) is 5.91 Å². The van der Waals surface area contributed by atoms with Gasteiger partial charge in [-0.05, 0) is 30.5 Å². The maximum absolute atomic E-state index is 12.9. The Morgan fingerprint density at radius 3 is 2.83 bits per heavy atom. The van der Waals surface area contributed by atoms with E-state index in [0.717, 1.165) is 18.4 Å². The van der Waals surface area contributed by atoms with Crippen LogP contribution in [0.3, 0.4) is 0 Å². The van der Waals surface area contributed by atoms with Gasteiger partial charge in [0.05, 0.1) is 6.54 Å². The lowest BCUT2D eigenvalue weighted by molar-refractivity contribution is -0.120. The molecule has 1 aromatic rings. The molecule has 0 aromatic heterocycles. The van der Waals surface area contributed by atoms with E-state index in [9.17, 15) is 9.18 Å². The smallest absolute Gasteiger partial charge is 0.234 e. The Bertz CT molecular complexity index is 403. The fourth-order valence-electron chi connectivity index (χ4n) is 2.32. The maximum Gasteiger partial charge on any atom is 0.234 e. The number of benzene rings is 1. The molecule has 3 nitrogen and oxygen atoms in total. The molecule has 4 heteroatoms. The number of carbonyl (C=O) groups excluding carboxylic acids is 1.